The van der Waals surface area contributed by atoms with Crippen LogP contribution in [0.2, 0.25) is 0 Å². The van der Waals surface area contributed by atoms with Crippen molar-refractivity contribution in [3.8, 4) is 5.75 Å². The second-order valence-corrected chi connectivity index (χ2v) is 11.6. The number of thiophene rings is 1. The lowest BCUT2D eigenvalue weighted by molar-refractivity contribution is 0.423. The predicted octanol–water partition coefficient (Wildman–Crippen LogP) is 5.52. The van der Waals surface area contributed by atoms with Crippen molar-refractivity contribution in [3.05, 3.63) is 55.9 Å². The van der Waals surface area contributed by atoms with Gasteiger partial charge in [-0.1, -0.05) is 41.5 Å². The Balaban J connectivity index is 1.81. The number of aromatic nitrogens is 2. The quantitative estimate of drug-likeness (QED) is 0.537. The molecule has 0 aliphatic heterocycles. The van der Waals surface area contributed by atoms with Gasteiger partial charge in [0.15, 0.2) is 0 Å². The van der Waals surface area contributed by atoms with Crippen molar-refractivity contribution in [2.75, 3.05) is 0 Å². The Kier molecular flexibility index (Phi) is 5.32. The molecule has 0 atom stereocenters. The lowest BCUT2D eigenvalue weighted by atomic mass is 9.78. The summed E-state index contributed by atoms with van der Waals surface area (Å²) in [6.45, 7) is 12.5. The third-order valence-corrected chi connectivity index (χ3v) is 7.14. The van der Waals surface area contributed by atoms with Gasteiger partial charge in [-0.2, -0.15) is 9.78 Å². The van der Waals surface area contributed by atoms with E-state index in [-0.39, 0.29) is 16.4 Å². The van der Waals surface area contributed by atoms with Crippen LogP contribution in [0, 0.1) is 0 Å². The van der Waals surface area contributed by atoms with E-state index < -0.39 is 0 Å². The fourth-order valence-corrected chi connectivity index (χ4v) is 5.44. The molecular formula is C25H31N3O2S. The van der Waals surface area contributed by atoms with Gasteiger partial charge in [-0.3, -0.25) is 4.79 Å². The van der Waals surface area contributed by atoms with Crippen LogP contribution in [0.4, 0.5) is 0 Å². The zero-order valence-electron chi connectivity index (χ0n) is 19.2. The lowest BCUT2D eigenvalue weighted by Crippen LogP contribution is -2.19. The van der Waals surface area contributed by atoms with E-state index >= 15 is 0 Å². The van der Waals surface area contributed by atoms with E-state index in [0.717, 1.165) is 46.2 Å². The molecule has 0 bridgehead atoms. The molecule has 1 aromatic carbocycles. The number of hydrogen-bond donors (Lipinski definition) is 1. The predicted molar refractivity (Wildman–Crippen MR) is 129 cm³/mol. The van der Waals surface area contributed by atoms with Crippen LogP contribution in [0.25, 0.3) is 10.2 Å². The number of fused-ring (bicyclic) bond motifs is 3. The van der Waals surface area contributed by atoms with Crippen LogP contribution in [0.3, 0.4) is 0 Å². The molecule has 164 valence electrons. The highest BCUT2D eigenvalue weighted by Gasteiger charge is 2.26. The molecular weight excluding hydrogens is 406 g/mol. The van der Waals surface area contributed by atoms with Crippen molar-refractivity contribution in [2.24, 2.45) is 5.10 Å². The first-order chi connectivity index (χ1) is 14.5. The molecule has 31 heavy (non-hydrogen) atoms. The first-order valence-electron chi connectivity index (χ1n) is 10.9. The highest BCUT2D eigenvalue weighted by Crippen LogP contribution is 2.39. The van der Waals surface area contributed by atoms with Crippen molar-refractivity contribution in [1.82, 2.24) is 9.66 Å². The summed E-state index contributed by atoms with van der Waals surface area (Å²) in [5.74, 6) is 0.335. The zero-order chi connectivity index (χ0) is 22.6. The summed E-state index contributed by atoms with van der Waals surface area (Å²) in [7, 11) is 0. The van der Waals surface area contributed by atoms with Gasteiger partial charge in [0.1, 0.15) is 16.9 Å². The van der Waals surface area contributed by atoms with E-state index in [4.69, 9.17) is 0 Å². The number of aryl methyl sites for hydroxylation is 2. The molecule has 1 aliphatic carbocycles. The fraction of sp³-hybridized carbons (Fsp3) is 0.480. The molecule has 0 fully saturated rings. The van der Waals surface area contributed by atoms with Crippen molar-refractivity contribution < 1.29 is 5.11 Å². The maximum atomic E-state index is 13.2. The Bertz CT molecular complexity index is 1200. The number of phenols is 1. The van der Waals surface area contributed by atoms with Crippen LogP contribution in [0.15, 0.2) is 28.4 Å². The van der Waals surface area contributed by atoms with Gasteiger partial charge in [0, 0.05) is 16.0 Å². The summed E-state index contributed by atoms with van der Waals surface area (Å²) in [6, 6.07) is 3.91. The van der Waals surface area contributed by atoms with Gasteiger partial charge in [-0.15, -0.1) is 11.3 Å². The van der Waals surface area contributed by atoms with E-state index in [2.05, 4.69) is 51.6 Å². The molecule has 0 amide bonds. The standard InChI is InChI=1S/C25H31N3O2S/c1-24(2,3)17-11-15(12-18(21(17)29)25(4,5)6)13-27-28-14-26-22-20(23(28)30)16-9-7-8-10-19(16)31-22/h11-14,29H,7-10H2,1-6H3. The SMILES string of the molecule is CC(C)(C)c1cc(C=Nn2cnc3sc4c(c3c2=O)CCCC4)cc(C(C)(C)C)c1O. The molecule has 5 nitrogen and oxygen atoms in total. The van der Waals surface area contributed by atoms with Crippen molar-refractivity contribution in [1.29, 1.82) is 0 Å². The summed E-state index contributed by atoms with van der Waals surface area (Å²) in [4.78, 5) is 19.8. The average Bonchev–Trinajstić information content (AvgIpc) is 3.06. The van der Waals surface area contributed by atoms with E-state index in [1.165, 1.54) is 27.9 Å². The molecule has 1 aliphatic rings. The molecule has 0 radical (unpaired) electrons. The molecule has 2 aromatic heterocycles. The van der Waals surface area contributed by atoms with Gasteiger partial charge in [-0.05, 0) is 59.8 Å². The smallest absolute Gasteiger partial charge is 0.282 e. The lowest BCUT2D eigenvalue weighted by Gasteiger charge is -2.27. The normalized spacial score (nSPS) is 15.0. The summed E-state index contributed by atoms with van der Waals surface area (Å²) in [6.07, 6.45) is 7.49. The van der Waals surface area contributed by atoms with Gasteiger partial charge in [0.25, 0.3) is 5.56 Å². The highest BCUT2D eigenvalue weighted by atomic mass is 32.1. The first kappa shape index (κ1) is 21.8. The van der Waals surface area contributed by atoms with Crippen LogP contribution in [0.1, 0.15) is 81.5 Å². The number of phenolic OH excluding ortho intramolecular Hbond substituents is 1. The summed E-state index contributed by atoms with van der Waals surface area (Å²) >= 11 is 1.64. The van der Waals surface area contributed by atoms with Crippen LogP contribution in [-0.2, 0) is 23.7 Å². The van der Waals surface area contributed by atoms with Crippen molar-refractivity contribution >= 4 is 27.8 Å². The van der Waals surface area contributed by atoms with Crippen LogP contribution >= 0.6 is 11.3 Å². The van der Waals surface area contributed by atoms with Gasteiger partial charge in [-0.25, -0.2) is 4.98 Å². The number of nitrogens with zero attached hydrogens (tertiary/aromatic N) is 3. The second kappa shape index (κ2) is 7.59. The summed E-state index contributed by atoms with van der Waals surface area (Å²) < 4.78 is 1.34. The van der Waals surface area contributed by atoms with Crippen LogP contribution < -0.4 is 5.56 Å². The number of hydrogen-bond acceptors (Lipinski definition) is 5. The van der Waals surface area contributed by atoms with Gasteiger partial charge in [0.2, 0.25) is 0 Å². The summed E-state index contributed by atoms with van der Waals surface area (Å²) in [5.41, 5.74) is 3.21. The van der Waals surface area contributed by atoms with Gasteiger partial charge in [0.05, 0.1) is 11.6 Å². The Hall–Kier alpha value is -2.47. The van der Waals surface area contributed by atoms with Gasteiger partial charge >= 0.3 is 0 Å². The van der Waals surface area contributed by atoms with Crippen LogP contribution in [-0.4, -0.2) is 21.0 Å². The number of benzene rings is 1. The minimum Gasteiger partial charge on any atom is -0.507 e. The Morgan fingerprint density at radius 2 is 1.68 bits per heavy atom. The minimum atomic E-state index is -0.221. The molecule has 0 saturated carbocycles. The molecule has 6 heteroatoms. The Morgan fingerprint density at radius 3 is 2.29 bits per heavy atom. The summed E-state index contributed by atoms with van der Waals surface area (Å²) in [5, 5.41) is 16.1. The topological polar surface area (TPSA) is 67.5 Å². The van der Waals surface area contributed by atoms with Gasteiger partial charge < -0.3 is 5.11 Å². The molecule has 0 unspecified atom stereocenters. The largest absolute Gasteiger partial charge is 0.507 e. The maximum absolute atomic E-state index is 13.2. The Morgan fingerprint density at radius 1 is 1.06 bits per heavy atom. The molecule has 4 rings (SSSR count). The average molecular weight is 438 g/mol. The maximum Gasteiger partial charge on any atom is 0.282 e. The van der Waals surface area contributed by atoms with E-state index in [1.54, 1.807) is 17.6 Å². The minimum absolute atomic E-state index is 0.105. The molecule has 2 heterocycles. The van der Waals surface area contributed by atoms with Crippen molar-refractivity contribution in [3.63, 3.8) is 0 Å². The van der Waals surface area contributed by atoms with Crippen molar-refractivity contribution in [2.45, 2.75) is 78.1 Å². The molecule has 3 aromatic rings. The first-order valence-corrected chi connectivity index (χ1v) is 11.7. The monoisotopic (exact) mass is 437 g/mol. The number of aromatic hydroxyl groups is 1. The fourth-order valence-electron chi connectivity index (χ4n) is 4.22. The Labute approximate surface area is 187 Å². The van der Waals surface area contributed by atoms with Crippen LogP contribution in [0.5, 0.6) is 5.75 Å². The molecule has 0 spiro atoms. The van der Waals surface area contributed by atoms with E-state index in [9.17, 15) is 9.90 Å². The highest BCUT2D eigenvalue weighted by molar-refractivity contribution is 7.18. The zero-order valence-corrected chi connectivity index (χ0v) is 20.1. The molecule has 1 N–H and O–H groups in total. The molecule has 0 saturated heterocycles. The third-order valence-electron chi connectivity index (χ3n) is 5.94. The van der Waals surface area contributed by atoms with E-state index in [0.29, 0.717) is 5.75 Å². The van der Waals surface area contributed by atoms with E-state index in [1.807, 2.05) is 12.1 Å². The number of rotatable bonds is 2. The third kappa shape index (κ3) is 4.05. The second-order valence-electron chi connectivity index (χ2n) is 10.5.